The van der Waals surface area contributed by atoms with Crippen molar-refractivity contribution in [2.45, 2.75) is 108 Å². The number of halogens is 5. The molecule has 1 saturated heterocycles. The van der Waals surface area contributed by atoms with Gasteiger partial charge in [0, 0.05) is 57.4 Å². The number of carbonyl (C=O) groups is 4. The minimum absolute atomic E-state index is 0.0105. The highest BCUT2D eigenvalue weighted by Crippen LogP contribution is 2.40. The largest absolute Gasteiger partial charge is 0.405 e. The second-order valence-electron chi connectivity index (χ2n) is 14.6. The zero-order valence-electron chi connectivity index (χ0n) is 31.3. The van der Waals surface area contributed by atoms with Crippen LogP contribution in [0.1, 0.15) is 84.1 Å². The molecule has 16 heteroatoms. The first-order chi connectivity index (χ1) is 25.7. The van der Waals surface area contributed by atoms with E-state index >= 15 is 4.39 Å². The number of piperazine rings is 1. The quantitative estimate of drug-likeness (QED) is 0.133. The van der Waals surface area contributed by atoms with Crippen LogP contribution in [0.15, 0.2) is 35.5 Å². The molecule has 54 heavy (non-hydrogen) atoms. The molecule has 1 aromatic rings. The highest BCUT2D eigenvalue weighted by atomic mass is 19.3. The van der Waals surface area contributed by atoms with Gasteiger partial charge in [-0.3, -0.25) is 29.1 Å². The average molecular weight is 768 g/mol. The van der Waals surface area contributed by atoms with E-state index < -0.39 is 84.6 Å². The van der Waals surface area contributed by atoms with E-state index in [0.717, 1.165) is 19.0 Å². The Morgan fingerprint density at radius 3 is 2.19 bits per heavy atom. The normalized spacial score (nSPS) is 19.8. The van der Waals surface area contributed by atoms with Crippen molar-refractivity contribution in [1.29, 1.82) is 0 Å². The Morgan fingerprint density at radius 1 is 1.00 bits per heavy atom. The molecule has 3 aliphatic rings. The molecule has 1 heterocycles. The molecule has 2 aliphatic carbocycles. The van der Waals surface area contributed by atoms with E-state index in [1.54, 1.807) is 17.9 Å². The Hall–Kier alpha value is -4.08. The van der Waals surface area contributed by atoms with Crippen molar-refractivity contribution in [3.63, 3.8) is 0 Å². The van der Waals surface area contributed by atoms with E-state index in [1.165, 1.54) is 23.1 Å². The summed E-state index contributed by atoms with van der Waals surface area (Å²) in [7, 11) is 0. The van der Waals surface area contributed by atoms with Crippen molar-refractivity contribution < 1.29 is 41.1 Å². The summed E-state index contributed by atoms with van der Waals surface area (Å²) >= 11 is 0. The molecule has 0 aromatic heterocycles. The number of anilines is 1. The summed E-state index contributed by atoms with van der Waals surface area (Å²) < 4.78 is 70.3. The van der Waals surface area contributed by atoms with Gasteiger partial charge in [-0.05, 0) is 80.3 Å². The van der Waals surface area contributed by atoms with E-state index in [9.17, 15) is 36.7 Å². The third-order valence-electron chi connectivity index (χ3n) is 11.1. The highest BCUT2D eigenvalue weighted by molar-refractivity contribution is 6.43. The summed E-state index contributed by atoms with van der Waals surface area (Å²) in [5, 5.41) is 8.05. The van der Waals surface area contributed by atoms with Crippen LogP contribution in [-0.2, 0) is 24.6 Å². The molecule has 3 fully saturated rings. The number of hydrogen-bond acceptors (Lipinski definition) is 7. The van der Waals surface area contributed by atoms with Crippen LogP contribution < -0.4 is 21.7 Å². The van der Waals surface area contributed by atoms with Gasteiger partial charge in [0.2, 0.25) is 23.6 Å². The van der Waals surface area contributed by atoms with Gasteiger partial charge >= 0.3 is 0 Å². The number of nitrogens with zero attached hydrogens (tertiary/aromatic N) is 3. The van der Waals surface area contributed by atoms with Crippen molar-refractivity contribution in [3.8, 4) is 0 Å². The molecular weight excluding hydrogens is 713 g/mol. The topological polar surface area (TPSA) is 149 Å². The third-order valence-corrected chi connectivity index (χ3v) is 11.1. The van der Waals surface area contributed by atoms with Crippen LogP contribution >= 0.6 is 0 Å². The highest BCUT2D eigenvalue weighted by Gasteiger charge is 2.46. The fourth-order valence-corrected chi connectivity index (χ4v) is 7.43. The van der Waals surface area contributed by atoms with E-state index in [1.807, 2.05) is 13.8 Å². The maximum absolute atomic E-state index is 16.1. The molecule has 2 unspecified atom stereocenters. The lowest BCUT2D eigenvalue weighted by atomic mass is 9.69. The molecule has 0 spiro atoms. The van der Waals surface area contributed by atoms with Crippen molar-refractivity contribution in [1.82, 2.24) is 20.4 Å². The molecule has 0 radical (unpaired) electrons. The van der Waals surface area contributed by atoms with E-state index in [4.69, 9.17) is 5.73 Å². The SMILES string of the molecule is CCC(=O)NC(C(=O)N1CCN(CC(F)F)CC1)C(CC)(CC)c1ccc(NC(=O)C(NC(=O)C(/C=C\N)=NCC2CC2)C2CCC(F)(F)CC2)c(F)c1. The number of rotatable bonds is 17. The standard InChI is InChI=1S/C38H54F5N7O4/c1-4-31(51)47-33(36(54)50-19-17-49(18-20-50)23-30(40)41)37(5-2,6-3)26-9-10-28(27(39)21-26)46-35(53)32(25-11-14-38(42,43)15-12-25)48-34(52)29(13-16-44)45-22-24-7-8-24/h9-10,13,16,21,24-25,30,32-33H,4-8,11-12,14-15,17-20,22-23,44H2,1-3H3,(H,46,53)(H,47,51)(H,48,52)/b16-13-,45-29?. The molecule has 0 bridgehead atoms. The number of aliphatic imine (C=N–C) groups is 1. The summed E-state index contributed by atoms with van der Waals surface area (Å²) in [4.78, 5) is 61.5. The summed E-state index contributed by atoms with van der Waals surface area (Å²) in [6.45, 7) is 6.11. The van der Waals surface area contributed by atoms with Crippen LogP contribution in [0.4, 0.5) is 27.6 Å². The van der Waals surface area contributed by atoms with Crippen molar-refractivity contribution >= 4 is 35.0 Å². The van der Waals surface area contributed by atoms with Crippen LogP contribution in [0.25, 0.3) is 0 Å². The Kier molecular flexibility index (Phi) is 15.0. The lowest BCUT2D eigenvalue weighted by Gasteiger charge is -2.43. The zero-order valence-corrected chi connectivity index (χ0v) is 31.3. The van der Waals surface area contributed by atoms with E-state index in [-0.39, 0.29) is 56.8 Å². The number of nitrogens with two attached hydrogens (primary N) is 1. The molecule has 2 saturated carbocycles. The maximum Gasteiger partial charge on any atom is 0.270 e. The Bertz CT molecular complexity index is 1530. The number of amides is 4. The number of benzene rings is 1. The first-order valence-electron chi connectivity index (χ1n) is 19.0. The lowest BCUT2D eigenvalue weighted by Crippen LogP contribution is -2.61. The van der Waals surface area contributed by atoms with Gasteiger partial charge in [0.1, 0.15) is 23.6 Å². The second-order valence-corrected chi connectivity index (χ2v) is 14.6. The molecule has 1 aromatic carbocycles. The predicted molar refractivity (Wildman–Crippen MR) is 196 cm³/mol. The Morgan fingerprint density at radius 2 is 1.65 bits per heavy atom. The van der Waals surface area contributed by atoms with Crippen molar-refractivity contribution in [2.75, 3.05) is 44.6 Å². The minimum atomic E-state index is -2.90. The summed E-state index contributed by atoms with van der Waals surface area (Å²) in [5.41, 5.74) is 4.60. The van der Waals surface area contributed by atoms with Crippen LogP contribution in [0.3, 0.4) is 0 Å². The monoisotopic (exact) mass is 767 g/mol. The van der Waals surface area contributed by atoms with Crippen LogP contribution in [0.2, 0.25) is 0 Å². The summed E-state index contributed by atoms with van der Waals surface area (Å²) in [6.07, 6.45) is 1.58. The van der Waals surface area contributed by atoms with Gasteiger partial charge in [-0.1, -0.05) is 26.8 Å². The van der Waals surface area contributed by atoms with Gasteiger partial charge < -0.3 is 26.6 Å². The first-order valence-corrected chi connectivity index (χ1v) is 19.0. The molecule has 4 amide bonds. The van der Waals surface area contributed by atoms with Crippen LogP contribution in [0, 0.1) is 17.7 Å². The molecule has 2 atom stereocenters. The van der Waals surface area contributed by atoms with Gasteiger partial charge in [0.25, 0.3) is 12.3 Å². The average Bonchev–Trinajstić information content (AvgIpc) is 3.98. The van der Waals surface area contributed by atoms with Gasteiger partial charge in [0.05, 0.1) is 12.2 Å². The molecule has 5 N–H and O–H groups in total. The fourth-order valence-electron chi connectivity index (χ4n) is 7.43. The van der Waals surface area contributed by atoms with E-state index in [2.05, 4.69) is 20.9 Å². The summed E-state index contributed by atoms with van der Waals surface area (Å²) in [5.74, 6) is -6.35. The number of alkyl halides is 4. The number of carbonyl (C=O) groups excluding carboxylic acids is 4. The number of nitrogens with one attached hydrogen (secondary N) is 3. The van der Waals surface area contributed by atoms with Gasteiger partial charge in [-0.15, -0.1) is 0 Å². The maximum atomic E-state index is 16.1. The lowest BCUT2D eigenvalue weighted by molar-refractivity contribution is -0.140. The first kappa shape index (κ1) is 42.7. The molecule has 11 nitrogen and oxygen atoms in total. The number of hydrogen-bond donors (Lipinski definition) is 4. The fraction of sp³-hybridized carbons (Fsp3) is 0.658. The molecular formula is C38H54F5N7O4. The van der Waals surface area contributed by atoms with Gasteiger partial charge in [-0.25, -0.2) is 22.0 Å². The van der Waals surface area contributed by atoms with Gasteiger partial charge in [-0.2, -0.15) is 0 Å². The zero-order chi connectivity index (χ0) is 39.6. The van der Waals surface area contributed by atoms with Crippen LogP contribution in [-0.4, -0.2) is 103 Å². The van der Waals surface area contributed by atoms with Gasteiger partial charge in [0.15, 0.2) is 0 Å². The second kappa shape index (κ2) is 19.0. The van der Waals surface area contributed by atoms with Crippen molar-refractivity contribution in [2.24, 2.45) is 22.6 Å². The molecule has 1 aliphatic heterocycles. The van der Waals surface area contributed by atoms with Crippen molar-refractivity contribution in [3.05, 3.63) is 41.9 Å². The smallest absolute Gasteiger partial charge is 0.270 e. The predicted octanol–water partition coefficient (Wildman–Crippen LogP) is 4.76. The molecule has 300 valence electrons. The molecule has 4 rings (SSSR count). The summed E-state index contributed by atoms with van der Waals surface area (Å²) in [6, 6.07) is 1.70. The third kappa shape index (κ3) is 11.0. The van der Waals surface area contributed by atoms with Crippen LogP contribution in [0.5, 0.6) is 0 Å². The van der Waals surface area contributed by atoms with E-state index in [0.29, 0.717) is 30.9 Å². The Balaban J connectivity index is 1.59. The Labute approximate surface area is 313 Å². The minimum Gasteiger partial charge on any atom is -0.405 e.